The van der Waals surface area contributed by atoms with Gasteiger partial charge in [0.15, 0.2) is 11.6 Å². The second-order valence-corrected chi connectivity index (χ2v) is 11.9. The third-order valence-electron chi connectivity index (χ3n) is 5.84. The van der Waals surface area contributed by atoms with Crippen molar-refractivity contribution in [2.45, 2.75) is 65.3 Å². The number of pyridine rings is 1. The molecule has 0 atom stereocenters. The molecule has 2 amide bonds. The highest BCUT2D eigenvalue weighted by atomic mass is 19.4. The first-order chi connectivity index (χ1) is 20.9. The van der Waals surface area contributed by atoms with E-state index in [2.05, 4.69) is 15.0 Å². The average Bonchev–Trinajstić information content (AvgIpc) is 2.90. The Hall–Kier alpha value is -5.07. The Kier molecular flexibility index (Phi) is 9.12. The monoisotopic (exact) mass is 624 g/mol. The molecule has 236 valence electrons. The second-order valence-electron chi connectivity index (χ2n) is 11.9. The quantitative estimate of drug-likeness (QED) is 0.197. The van der Waals surface area contributed by atoms with E-state index in [1.807, 2.05) is 0 Å². The third-order valence-corrected chi connectivity index (χ3v) is 5.84. The van der Waals surface area contributed by atoms with E-state index >= 15 is 0 Å². The molecule has 2 heterocycles. The summed E-state index contributed by atoms with van der Waals surface area (Å²) in [5.74, 6) is -0.566. The number of amides is 2. The standard InChI is InChI=1S/C32H31F3N4O6/c1-30(2,3)44-28(41)39(29(42)45-31(4,5)6)25-17-27(37-18-36-25)43-26-14-13-21-22(11-8-12-23(21)38-26)24(40)16-19-9-7-10-20(15-19)32(33,34)35/h7-15,17-18H,16H2,1-6H3. The van der Waals surface area contributed by atoms with Crippen molar-refractivity contribution in [3.05, 3.63) is 83.7 Å². The van der Waals surface area contributed by atoms with E-state index in [1.54, 1.807) is 65.8 Å². The van der Waals surface area contributed by atoms with Crippen LogP contribution in [0.2, 0.25) is 0 Å². The molecular formula is C32H31F3N4O6. The number of carbonyl (C=O) groups excluding carboxylic acids is 3. The summed E-state index contributed by atoms with van der Waals surface area (Å²) < 4.78 is 55.9. The third kappa shape index (κ3) is 8.74. The molecule has 0 N–H and O–H groups in total. The fourth-order valence-electron chi connectivity index (χ4n) is 4.07. The largest absolute Gasteiger partial charge is 0.443 e. The van der Waals surface area contributed by atoms with Gasteiger partial charge in [0.25, 0.3) is 0 Å². The molecule has 0 aliphatic heterocycles. The van der Waals surface area contributed by atoms with E-state index in [0.29, 0.717) is 15.8 Å². The lowest BCUT2D eigenvalue weighted by atomic mass is 9.98. The Morgan fingerprint density at radius 2 is 1.42 bits per heavy atom. The lowest BCUT2D eigenvalue weighted by molar-refractivity contribution is -0.137. The van der Waals surface area contributed by atoms with Gasteiger partial charge in [-0.1, -0.05) is 30.3 Å². The normalized spacial score (nSPS) is 12.0. The van der Waals surface area contributed by atoms with Crippen LogP contribution in [0.4, 0.5) is 28.6 Å². The molecule has 0 radical (unpaired) electrons. The predicted octanol–water partition coefficient (Wildman–Crippen LogP) is 7.94. The highest BCUT2D eigenvalue weighted by Gasteiger charge is 2.34. The van der Waals surface area contributed by atoms with E-state index in [-0.39, 0.29) is 40.9 Å². The Morgan fingerprint density at radius 3 is 2.04 bits per heavy atom. The number of hydrogen-bond acceptors (Lipinski definition) is 9. The van der Waals surface area contributed by atoms with Gasteiger partial charge in [-0.15, -0.1) is 0 Å². The van der Waals surface area contributed by atoms with Crippen molar-refractivity contribution in [3.63, 3.8) is 0 Å². The van der Waals surface area contributed by atoms with E-state index in [1.165, 1.54) is 24.3 Å². The molecule has 2 aromatic carbocycles. The van der Waals surface area contributed by atoms with Gasteiger partial charge in [0.05, 0.1) is 11.1 Å². The Labute approximate surface area is 257 Å². The van der Waals surface area contributed by atoms with Crippen LogP contribution in [0.25, 0.3) is 10.9 Å². The number of anilines is 1. The fraction of sp³-hybridized carbons (Fsp3) is 0.312. The molecule has 4 aromatic rings. The number of halogens is 3. The maximum atomic E-state index is 13.1. The summed E-state index contributed by atoms with van der Waals surface area (Å²) in [6, 6.07) is 13.7. The number of ketones is 1. The maximum Gasteiger partial charge on any atom is 0.425 e. The number of rotatable bonds is 6. The number of benzene rings is 2. The minimum absolute atomic E-state index is 0.0655. The number of alkyl halides is 3. The molecule has 0 unspecified atom stereocenters. The number of fused-ring (bicyclic) bond motifs is 1. The summed E-state index contributed by atoms with van der Waals surface area (Å²) in [7, 11) is 0. The summed E-state index contributed by atoms with van der Waals surface area (Å²) in [5.41, 5.74) is -1.80. The number of Topliss-reactive ketones (excluding diaryl/α,β-unsaturated/α-hetero) is 1. The average molecular weight is 625 g/mol. The summed E-state index contributed by atoms with van der Waals surface area (Å²) in [4.78, 5) is 52.2. The molecular weight excluding hydrogens is 593 g/mol. The van der Waals surface area contributed by atoms with Gasteiger partial charge in [0.2, 0.25) is 11.8 Å². The summed E-state index contributed by atoms with van der Waals surface area (Å²) >= 11 is 0. The second kappa shape index (κ2) is 12.5. The van der Waals surface area contributed by atoms with Gasteiger partial charge in [0, 0.05) is 29.5 Å². The number of imide groups is 1. The van der Waals surface area contributed by atoms with Gasteiger partial charge >= 0.3 is 18.4 Å². The van der Waals surface area contributed by atoms with Crippen molar-refractivity contribution < 1.29 is 41.8 Å². The molecule has 45 heavy (non-hydrogen) atoms. The molecule has 0 aliphatic carbocycles. The SMILES string of the molecule is CC(C)(C)OC(=O)N(C(=O)OC(C)(C)C)c1cc(Oc2ccc3c(C(=O)Cc4cccc(C(F)(F)F)c4)cccc3n2)ncn1. The van der Waals surface area contributed by atoms with E-state index < -0.39 is 35.1 Å². The summed E-state index contributed by atoms with van der Waals surface area (Å²) in [5, 5.41) is 0.464. The van der Waals surface area contributed by atoms with Crippen LogP contribution in [0.3, 0.4) is 0 Å². The molecule has 2 aromatic heterocycles. The van der Waals surface area contributed by atoms with Crippen LogP contribution in [0, 0.1) is 0 Å². The minimum Gasteiger partial charge on any atom is -0.443 e. The first kappa shape index (κ1) is 32.8. The van der Waals surface area contributed by atoms with Crippen molar-refractivity contribution in [1.82, 2.24) is 15.0 Å². The number of hydrogen-bond donors (Lipinski definition) is 0. The first-order valence-electron chi connectivity index (χ1n) is 13.7. The van der Waals surface area contributed by atoms with Gasteiger partial charge in [0.1, 0.15) is 17.5 Å². The van der Waals surface area contributed by atoms with Crippen LogP contribution in [-0.4, -0.2) is 44.1 Å². The molecule has 0 saturated heterocycles. The first-order valence-corrected chi connectivity index (χ1v) is 13.7. The van der Waals surface area contributed by atoms with Gasteiger partial charge in [-0.3, -0.25) is 4.79 Å². The van der Waals surface area contributed by atoms with Gasteiger partial charge < -0.3 is 14.2 Å². The molecule has 0 saturated carbocycles. The van der Waals surface area contributed by atoms with E-state index in [0.717, 1.165) is 18.5 Å². The van der Waals surface area contributed by atoms with Crippen LogP contribution < -0.4 is 9.64 Å². The summed E-state index contributed by atoms with van der Waals surface area (Å²) in [6.07, 6.45) is -5.72. The van der Waals surface area contributed by atoms with E-state index in [4.69, 9.17) is 14.2 Å². The maximum absolute atomic E-state index is 13.1. The Bertz CT molecular complexity index is 1720. The van der Waals surface area contributed by atoms with Crippen LogP contribution in [-0.2, 0) is 22.1 Å². The number of ether oxygens (including phenoxy) is 3. The molecule has 13 heteroatoms. The number of nitrogens with zero attached hydrogens (tertiary/aromatic N) is 4. The molecule has 0 fully saturated rings. The smallest absolute Gasteiger partial charge is 0.425 e. The molecule has 10 nitrogen and oxygen atoms in total. The predicted molar refractivity (Wildman–Crippen MR) is 158 cm³/mol. The van der Waals surface area contributed by atoms with Crippen molar-refractivity contribution in [3.8, 4) is 11.8 Å². The molecule has 4 rings (SSSR count). The van der Waals surface area contributed by atoms with Crippen LogP contribution >= 0.6 is 0 Å². The van der Waals surface area contributed by atoms with Crippen molar-refractivity contribution in [1.29, 1.82) is 0 Å². The van der Waals surface area contributed by atoms with Gasteiger partial charge in [-0.25, -0.2) is 24.5 Å². The number of aromatic nitrogens is 3. The zero-order valence-corrected chi connectivity index (χ0v) is 25.4. The van der Waals surface area contributed by atoms with Gasteiger partial charge in [-0.05, 0) is 65.3 Å². The summed E-state index contributed by atoms with van der Waals surface area (Å²) in [6.45, 7) is 9.85. The van der Waals surface area contributed by atoms with Gasteiger partial charge in [-0.2, -0.15) is 18.1 Å². The Balaban J connectivity index is 1.59. The zero-order chi connectivity index (χ0) is 33.2. The highest BCUT2D eigenvalue weighted by Crippen LogP contribution is 2.31. The zero-order valence-electron chi connectivity index (χ0n) is 25.4. The molecule has 0 bridgehead atoms. The van der Waals surface area contributed by atoms with Crippen LogP contribution in [0.15, 0.2) is 67.0 Å². The molecule has 0 aliphatic rings. The lowest BCUT2D eigenvalue weighted by Crippen LogP contribution is -2.44. The highest BCUT2D eigenvalue weighted by molar-refractivity contribution is 6.09. The van der Waals surface area contributed by atoms with E-state index in [9.17, 15) is 27.6 Å². The van der Waals surface area contributed by atoms with Crippen molar-refractivity contribution in [2.75, 3.05) is 4.90 Å². The van der Waals surface area contributed by atoms with Crippen LogP contribution in [0.5, 0.6) is 11.8 Å². The minimum atomic E-state index is -4.52. The fourth-order valence-corrected chi connectivity index (χ4v) is 4.07. The Morgan fingerprint density at radius 1 is 0.778 bits per heavy atom. The topological polar surface area (TPSA) is 121 Å². The van der Waals surface area contributed by atoms with Crippen LogP contribution in [0.1, 0.15) is 63.0 Å². The van der Waals surface area contributed by atoms with Crippen molar-refractivity contribution >= 4 is 34.7 Å². The lowest BCUT2D eigenvalue weighted by Gasteiger charge is -2.28. The van der Waals surface area contributed by atoms with Crippen molar-refractivity contribution in [2.24, 2.45) is 0 Å². The molecule has 0 spiro atoms. The number of carbonyl (C=O) groups is 3.